The minimum atomic E-state index is -4.03. The van der Waals surface area contributed by atoms with Crippen molar-refractivity contribution in [1.82, 2.24) is 4.72 Å². The first-order chi connectivity index (χ1) is 10.6. The quantitative estimate of drug-likeness (QED) is 0.711. The van der Waals surface area contributed by atoms with Crippen molar-refractivity contribution in [3.63, 3.8) is 0 Å². The molecular weight excluding hydrogens is 332 g/mol. The van der Waals surface area contributed by atoms with Crippen LogP contribution < -0.4 is 9.46 Å². The van der Waals surface area contributed by atoms with Crippen LogP contribution in [0.5, 0.6) is 5.75 Å². The molecule has 6 nitrogen and oxygen atoms in total. The van der Waals surface area contributed by atoms with Crippen LogP contribution >= 0.6 is 0 Å². The number of sulfonamides is 1. The Hall–Kier alpha value is -1.74. The monoisotopic (exact) mass is 351 g/mol. The van der Waals surface area contributed by atoms with Crippen LogP contribution in [0.3, 0.4) is 0 Å². The summed E-state index contributed by atoms with van der Waals surface area (Å²) < 4.78 is 55.3. The second-order valence-corrected chi connectivity index (χ2v) is 7.03. The number of halogens is 2. The molecule has 9 heteroatoms. The van der Waals surface area contributed by atoms with E-state index in [2.05, 4.69) is 4.72 Å². The summed E-state index contributed by atoms with van der Waals surface area (Å²) in [4.78, 5) is 11.0. The Balaban J connectivity index is 2.84. The first kappa shape index (κ1) is 19.3. The number of carbonyl (C=O) groups is 1. The zero-order valence-corrected chi connectivity index (χ0v) is 13.5. The van der Waals surface area contributed by atoms with Crippen molar-refractivity contribution < 1.29 is 31.8 Å². The lowest BCUT2D eigenvalue weighted by atomic mass is 10.1. The summed E-state index contributed by atoms with van der Waals surface area (Å²) in [7, 11) is -4.03. The van der Waals surface area contributed by atoms with Gasteiger partial charge in [0, 0.05) is 0 Å². The smallest absolute Gasteiger partial charge is 0.321 e. The molecule has 0 aliphatic carbocycles. The molecule has 2 N–H and O–H groups in total. The van der Waals surface area contributed by atoms with E-state index >= 15 is 0 Å². The largest absolute Gasteiger partial charge is 0.488 e. The molecule has 0 radical (unpaired) electrons. The molecule has 1 aromatic carbocycles. The number of rotatable bonds is 9. The van der Waals surface area contributed by atoms with Crippen molar-refractivity contribution in [1.29, 1.82) is 0 Å². The lowest BCUT2D eigenvalue weighted by Gasteiger charge is -2.16. The highest BCUT2D eigenvalue weighted by molar-refractivity contribution is 7.89. The number of hydrogen-bond acceptors (Lipinski definition) is 4. The Morgan fingerprint density at radius 3 is 2.26 bits per heavy atom. The van der Waals surface area contributed by atoms with Gasteiger partial charge in [-0.15, -0.1) is 0 Å². The molecule has 1 atom stereocenters. The average molecular weight is 351 g/mol. The Morgan fingerprint density at radius 1 is 1.26 bits per heavy atom. The number of aliphatic carboxylic acids is 1. The van der Waals surface area contributed by atoms with E-state index in [9.17, 15) is 22.0 Å². The van der Waals surface area contributed by atoms with Crippen molar-refractivity contribution in [2.24, 2.45) is 5.92 Å². The van der Waals surface area contributed by atoms with Crippen LogP contribution in [0.15, 0.2) is 29.2 Å². The van der Waals surface area contributed by atoms with E-state index in [1.807, 2.05) is 0 Å². The lowest BCUT2D eigenvalue weighted by molar-refractivity contribution is -0.139. The standard InChI is InChI=1S/C14H19F2NO5S/c1-9(2)7-12(14(18)19)17-23(20,21)11-5-3-10(4-6-11)22-8-13(15)16/h3-6,9,12-13,17H,7-8H2,1-2H3,(H,18,19)/t12-/m1/s1. The number of ether oxygens (including phenoxy) is 1. The third kappa shape index (κ3) is 6.49. The summed E-state index contributed by atoms with van der Waals surface area (Å²) in [6.07, 6.45) is -2.49. The maximum Gasteiger partial charge on any atom is 0.321 e. The van der Waals surface area contributed by atoms with E-state index in [-0.39, 0.29) is 23.0 Å². The minimum absolute atomic E-state index is 0.0103. The summed E-state index contributed by atoms with van der Waals surface area (Å²) in [6, 6.07) is 3.55. The highest BCUT2D eigenvalue weighted by Gasteiger charge is 2.26. The van der Waals surface area contributed by atoms with E-state index < -0.39 is 35.1 Å². The van der Waals surface area contributed by atoms with Gasteiger partial charge < -0.3 is 9.84 Å². The predicted molar refractivity (Wildman–Crippen MR) is 79.1 cm³/mol. The van der Waals surface area contributed by atoms with Crippen LogP contribution in [0.25, 0.3) is 0 Å². The molecule has 0 fully saturated rings. The molecule has 23 heavy (non-hydrogen) atoms. The lowest BCUT2D eigenvalue weighted by Crippen LogP contribution is -2.41. The van der Waals surface area contributed by atoms with Gasteiger partial charge in [0.2, 0.25) is 10.0 Å². The molecular formula is C14H19F2NO5S. The van der Waals surface area contributed by atoms with E-state index in [0.29, 0.717) is 0 Å². The molecule has 0 aliphatic rings. The fourth-order valence-electron chi connectivity index (χ4n) is 1.80. The van der Waals surface area contributed by atoms with Gasteiger partial charge in [-0.3, -0.25) is 4.79 Å². The van der Waals surface area contributed by atoms with Gasteiger partial charge in [0.25, 0.3) is 6.43 Å². The Bertz CT molecular complexity index is 617. The van der Waals surface area contributed by atoms with E-state index in [1.165, 1.54) is 12.1 Å². The number of carboxylic acids is 1. The number of benzene rings is 1. The van der Waals surface area contributed by atoms with Crippen LogP contribution in [0.4, 0.5) is 8.78 Å². The van der Waals surface area contributed by atoms with Crippen molar-refractivity contribution in [3.8, 4) is 5.75 Å². The van der Waals surface area contributed by atoms with Crippen LogP contribution in [0.2, 0.25) is 0 Å². The molecule has 0 spiro atoms. The molecule has 0 bridgehead atoms. The van der Waals surface area contributed by atoms with Crippen LogP contribution in [0, 0.1) is 5.92 Å². The number of carboxylic acid groups (broad SMARTS) is 1. The number of alkyl halides is 2. The van der Waals surface area contributed by atoms with Crippen molar-refractivity contribution in [2.75, 3.05) is 6.61 Å². The molecule has 0 unspecified atom stereocenters. The molecule has 1 aromatic rings. The third-order valence-corrected chi connectivity index (χ3v) is 4.30. The SMILES string of the molecule is CC(C)C[C@@H](NS(=O)(=O)c1ccc(OCC(F)F)cc1)C(=O)O. The average Bonchev–Trinajstić information content (AvgIpc) is 2.44. The molecule has 0 saturated heterocycles. The zero-order valence-electron chi connectivity index (χ0n) is 12.7. The summed E-state index contributed by atoms with van der Waals surface area (Å²) in [5, 5.41) is 9.08. The molecule has 0 aromatic heterocycles. The van der Waals surface area contributed by atoms with Gasteiger partial charge in [-0.1, -0.05) is 13.8 Å². The Morgan fingerprint density at radius 2 is 1.83 bits per heavy atom. The van der Waals surface area contributed by atoms with E-state index in [4.69, 9.17) is 9.84 Å². The fourth-order valence-corrected chi connectivity index (χ4v) is 3.00. The normalized spacial score (nSPS) is 13.3. The van der Waals surface area contributed by atoms with Crippen LogP contribution in [0.1, 0.15) is 20.3 Å². The van der Waals surface area contributed by atoms with Gasteiger partial charge in [0.05, 0.1) is 4.90 Å². The Labute approximate surface area is 133 Å². The van der Waals surface area contributed by atoms with Gasteiger partial charge in [-0.2, -0.15) is 4.72 Å². The van der Waals surface area contributed by atoms with Crippen LogP contribution in [-0.2, 0) is 14.8 Å². The fraction of sp³-hybridized carbons (Fsp3) is 0.500. The number of hydrogen-bond donors (Lipinski definition) is 2. The topological polar surface area (TPSA) is 92.7 Å². The van der Waals surface area contributed by atoms with E-state index in [1.54, 1.807) is 13.8 Å². The Kier molecular flexibility index (Phi) is 6.89. The molecule has 0 saturated carbocycles. The predicted octanol–water partition coefficient (Wildman–Crippen LogP) is 2.11. The van der Waals surface area contributed by atoms with Gasteiger partial charge in [-0.25, -0.2) is 17.2 Å². The second kappa shape index (κ2) is 8.21. The highest BCUT2D eigenvalue weighted by atomic mass is 32.2. The minimum Gasteiger partial charge on any atom is -0.488 e. The van der Waals surface area contributed by atoms with Gasteiger partial charge in [0.1, 0.15) is 18.4 Å². The van der Waals surface area contributed by atoms with Crippen molar-refractivity contribution >= 4 is 16.0 Å². The molecule has 0 aliphatic heterocycles. The number of nitrogens with one attached hydrogen (secondary N) is 1. The van der Waals surface area contributed by atoms with E-state index in [0.717, 1.165) is 12.1 Å². The molecule has 1 rings (SSSR count). The van der Waals surface area contributed by atoms with Gasteiger partial charge >= 0.3 is 5.97 Å². The van der Waals surface area contributed by atoms with Crippen molar-refractivity contribution in [2.45, 2.75) is 37.6 Å². The summed E-state index contributed by atoms with van der Waals surface area (Å²) in [6.45, 7) is 2.76. The zero-order chi connectivity index (χ0) is 17.6. The maximum absolute atomic E-state index is 12.2. The first-order valence-corrected chi connectivity index (χ1v) is 8.36. The molecule has 130 valence electrons. The third-order valence-electron chi connectivity index (χ3n) is 2.81. The van der Waals surface area contributed by atoms with Crippen LogP contribution in [-0.4, -0.2) is 38.6 Å². The summed E-state index contributed by atoms with van der Waals surface area (Å²) >= 11 is 0. The first-order valence-electron chi connectivity index (χ1n) is 6.88. The summed E-state index contributed by atoms with van der Waals surface area (Å²) in [5.41, 5.74) is 0. The molecule has 0 heterocycles. The second-order valence-electron chi connectivity index (χ2n) is 5.32. The highest BCUT2D eigenvalue weighted by Crippen LogP contribution is 2.17. The van der Waals surface area contributed by atoms with Crippen molar-refractivity contribution in [3.05, 3.63) is 24.3 Å². The van der Waals surface area contributed by atoms with Gasteiger partial charge in [0.15, 0.2) is 0 Å². The maximum atomic E-state index is 12.2. The van der Waals surface area contributed by atoms with Gasteiger partial charge in [-0.05, 0) is 36.6 Å². The summed E-state index contributed by atoms with van der Waals surface area (Å²) in [5.74, 6) is -1.18. The molecule has 0 amide bonds.